The summed E-state index contributed by atoms with van der Waals surface area (Å²) < 4.78 is 23.2. The van der Waals surface area contributed by atoms with Crippen molar-refractivity contribution in [3.63, 3.8) is 0 Å². The summed E-state index contributed by atoms with van der Waals surface area (Å²) in [5.41, 5.74) is 4.14. The number of hydrogen-bond donors (Lipinski definition) is 0. The highest BCUT2D eigenvalue weighted by atomic mass is 16.5. The van der Waals surface area contributed by atoms with E-state index in [0.717, 1.165) is 24.0 Å². The Balaban J connectivity index is 1.50. The highest BCUT2D eigenvalue weighted by molar-refractivity contribution is 5.97. The van der Waals surface area contributed by atoms with Crippen molar-refractivity contribution in [2.24, 2.45) is 0 Å². The predicted octanol–water partition coefficient (Wildman–Crippen LogP) is 5.38. The minimum atomic E-state index is -0.204. The summed E-state index contributed by atoms with van der Waals surface area (Å²) in [5, 5.41) is 0. The van der Waals surface area contributed by atoms with E-state index in [1.807, 2.05) is 24.3 Å². The molecule has 188 valence electrons. The number of rotatable bonds is 6. The number of benzene rings is 1. The third-order valence-electron chi connectivity index (χ3n) is 6.24. The molecule has 1 aliphatic rings. The fraction of sp³-hybridized carbons (Fsp3) is 0.286. The summed E-state index contributed by atoms with van der Waals surface area (Å²) in [7, 11) is 4.85. The second-order valence-corrected chi connectivity index (χ2v) is 8.88. The van der Waals surface area contributed by atoms with Crippen LogP contribution in [0.2, 0.25) is 0 Å². The molecular weight excluding hydrogens is 472 g/mol. The smallest absolute Gasteiger partial charge is 0.258 e. The number of methoxy groups -OCH3 is 1. The molecule has 4 aromatic rings. The lowest BCUT2D eigenvalue weighted by Crippen LogP contribution is -2.25. The van der Waals surface area contributed by atoms with E-state index in [-0.39, 0.29) is 12.0 Å². The monoisotopic (exact) mass is 498 g/mol. The Morgan fingerprint density at radius 1 is 1.11 bits per heavy atom. The summed E-state index contributed by atoms with van der Waals surface area (Å²) >= 11 is 0. The lowest BCUT2D eigenvalue weighted by molar-refractivity contribution is 0.0259. The molecule has 0 bridgehead atoms. The molecule has 1 amide bonds. The molecule has 0 aliphatic carbocycles. The van der Waals surface area contributed by atoms with Gasteiger partial charge in [0.25, 0.3) is 5.91 Å². The van der Waals surface area contributed by atoms with E-state index < -0.39 is 0 Å². The Kier molecular flexibility index (Phi) is 6.75. The van der Waals surface area contributed by atoms with Gasteiger partial charge in [-0.15, -0.1) is 0 Å². The van der Waals surface area contributed by atoms with Gasteiger partial charge < -0.3 is 23.5 Å². The topological polar surface area (TPSA) is 91.3 Å². The Hall–Kier alpha value is -4.42. The zero-order valence-corrected chi connectivity index (χ0v) is 20.9. The third kappa shape index (κ3) is 4.84. The maximum absolute atomic E-state index is 12.4. The van der Waals surface area contributed by atoms with E-state index in [1.54, 1.807) is 32.4 Å². The Morgan fingerprint density at radius 3 is 2.65 bits per heavy atom. The quantitative estimate of drug-likeness (QED) is 0.330. The summed E-state index contributed by atoms with van der Waals surface area (Å²) in [6.07, 6.45) is 4.85. The lowest BCUT2D eigenvalue weighted by atomic mass is 10.0. The van der Waals surface area contributed by atoms with Crippen molar-refractivity contribution in [1.29, 1.82) is 0 Å². The first-order valence-corrected chi connectivity index (χ1v) is 11.9. The lowest BCUT2D eigenvalue weighted by Gasteiger charge is -2.24. The van der Waals surface area contributed by atoms with Crippen LogP contribution in [-0.2, 0) is 4.74 Å². The molecular formula is C28H26N4O5. The molecule has 9 heteroatoms. The first kappa shape index (κ1) is 24.3. The van der Waals surface area contributed by atoms with Crippen LogP contribution in [0.4, 0.5) is 5.69 Å². The summed E-state index contributed by atoms with van der Waals surface area (Å²) in [6.45, 7) is 9.03. The maximum atomic E-state index is 12.4. The van der Waals surface area contributed by atoms with Gasteiger partial charge in [-0.05, 0) is 23.8 Å². The van der Waals surface area contributed by atoms with Crippen molar-refractivity contribution in [3.05, 3.63) is 65.8 Å². The molecule has 1 aromatic carbocycles. The van der Waals surface area contributed by atoms with E-state index >= 15 is 0 Å². The predicted molar refractivity (Wildman–Crippen MR) is 138 cm³/mol. The molecule has 0 unspecified atom stereocenters. The van der Waals surface area contributed by atoms with Crippen LogP contribution in [0.5, 0.6) is 11.5 Å². The molecule has 1 fully saturated rings. The van der Waals surface area contributed by atoms with Crippen LogP contribution in [-0.4, -0.2) is 61.3 Å². The minimum Gasteiger partial charge on any atom is -0.501 e. The van der Waals surface area contributed by atoms with E-state index in [0.29, 0.717) is 58.5 Å². The Labute approximate surface area is 214 Å². The number of aromatic nitrogens is 2. The van der Waals surface area contributed by atoms with Crippen molar-refractivity contribution in [3.8, 4) is 34.1 Å². The van der Waals surface area contributed by atoms with Gasteiger partial charge in [-0.25, -0.2) is 4.85 Å². The van der Waals surface area contributed by atoms with Gasteiger partial charge in [0.15, 0.2) is 11.3 Å². The number of furan rings is 1. The molecule has 9 nitrogen and oxygen atoms in total. The average molecular weight is 499 g/mol. The van der Waals surface area contributed by atoms with Crippen molar-refractivity contribution in [2.75, 3.05) is 34.4 Å². The number of fused-ring (bicyclic) bond motifs is 1. The van der Waals surface area contributed by atoms with Gasteiger partial charge in [0, 0.05) is 57.0 Å². The Bertz CT molecular complexity index is 1500. The van der Waals surface area contributed by atoms with Gasteiger partial charge in [0.05, 0.1) is 32.5 Å². The number of nitrogens with zero attached hydrogens (tertiary/aromatic N) is 4. The van der Waals surface area contributed by atoms with Crippen LogP contribution >= 0.6 is 0 Å². The van der Waals surface area contributed by atoms with Gasteiger partial charge in [0.1, 0.15) is 28.8 Å². The largest absolute Gasteiger partial charge is 0.501 e. The second-order valence-electron chi connectivity index (χ2n) is 8.88. The van der Waals surface area contributed by atoms with Crippen LogP contribution in [0.1, 0.15) is 23.2 Å². The van der Waals surface area contributed by atoms with Crippen LogP contribution < -0.4 is 9.47 Å². The molecule has 37 heavy (non-hydrogen) atoms. The highest BCUT2D eigenvalue weighted by Crippen LogP contribution is 2.38. The number of carbonyl (C=O) groups is 1. The average Bonchev–Trinajstić information content (AvgIpc) is 3.38. The van der Waals surface area contributed by atoms with E-state index in [9.17, 15) is 4.79 Å². The molecule has 4 heterocycles. The molecule has 1 saturated heterocycles. The summed E-state index contributed by atoms with van der Waals surface area (Å²) in [4.78, 5) is 26.5. The SMILES string of the molecule is [C-]#[N+]c1cc(-c2ccnc3cc(-c4cc(OC)c(C(=O)N(C)C)cn4)oc23)ccc1OC1CCOCC1. The van der Waals surface area contributed by atoms with Crippen LogP contribution in [0.3, 0.4) is 0 Å². The van der Waals surface area contributed by atoms with Crippen molar-refractivity contribution < 1.29 is 23.4 Å². The van der Waals surface area contributed by atoms with E-state index in [1.165, 1.54) is 18.2 Å². The van der Waals surface area contributed by atoms with E-state index in [2.05, 4.69) is 14.8 Å². The molecule has 3 aromatic heterocycles. The van der Waals surface area contributed by atoms with Gasteiger partial charge in [-0.2, -0.15) is 0 Å². The first-order chi connectivity index (χ1) is 18.0. The number of hydrogen-bond acceptors (Lipinski definition) is 7. The fourth-order valence-electron chi connectivity index (χ4n) is 4.28. The normalized spacial score (nSPS) is 13.8. The van der Waals surface area contributed by atoms with Gasteiger partial charge in [-0.1, -0.05) is 6.07 Å². The highest BCUT2D eigenvalue weighted by Gasteiger charge is 2.20. The first-order valence-electron chi connectivity index (χ1n) is 11.9. The Morgan fingerprint density at radius 2 is 1.92 bits per heavy atom. The standard InChI is InChI=1S/C28H26N4O5/c1-29-21-13-17(5-6-24(21)36-18-8-11-35-12-9-18)19-7-10-30-23-15-26(37-27(19)23)22-14-25(34-4)20(16-31-22)28(33)32(2)3/h5-7,10,13-16,18H,8-9,11-12H2,2-4H3. The van der Waals surface area contributed by atoms with Gasteiger partial charge >= 0.3 is 0 Å². The minimum absolute atomic E-state index is 0.0456. The maximum Gasteiger partial charge on any atom is 0.258 e. The zero-order chi connectivity index (χ0) is 25.9. The third-order valence-corrected chi connectivity index (χ3v) is 6.24. The van der Waals surface area contributed by atoms with Gasteiger partial charge in [-0.3, -0.25) is 14.8 Å². The van der Waals surface area contributed by atoms with E-state index in [4.69, 9.17) is 25.2 Å². The second kappa shape index (κ2) is 10.3. The molecule has 0 saturated carbocycles. The van der Waals surface area contributed by atoms with Crippen LogP contribution in [0, 0.1) is 6.57 Å². The molecule has 0 atom stereocenters. The summed E-state index contributed by atoms with van der Waals surface area (Å²) in [6, 6.07) is 10.9. The summed E-state index contributed by atoms with van der Waals surface area (Å²) in [5.74, 6) is 1.25. The molecule has 0 spiro atoms. The molecule has 5 rings (SSSR count). The van der Waals surface area contributed by atoms with Gasteiger partial charge in [0.2, 0.25) is 5.69 Å². The number of ether oxygens (including phenoxy) is 3. The fourth-order valence-corrected chi connectivity index (χ4v) is 4.28. The molecule has 0 N–H and O–H groups in total. The van der Waals surface area contributed by atoms with Crippen LogP contribution in [0.25, 0.3) is 38.5 Å². The van der Waals surface area contributed by atoms with Crippen LogP contribution in [0.15, 0.2) is 53.2 Å². The number of pyridine rings is 2. The number of amides is 1. The molecule has 0 radical (unpaired) electrons. The molecule has 1 aliphatic heterocycles. The zero-order valence-electron chi connectivity index (χ0n) is 20.9. The van der Waals surface area contributed by atoms with Crippen molar-refractivity contribution in [1.82, 2.24) is 14.9 Å². The van der Waals surface area contributed by atoms with Crippen molar-refractivity contribution >= 4 is 22.7 Å². The van der Waals surface area contributed by atoms with Crippen molar-refractivity contribution in [2.45, 2.75) is 18.9 Å². The number of carbonyl (C=O) groups excluding carboxylic acids is 1.